The molecule has 1 aliphatic heterocycles. The first-order valence-electron chi connectivity index (χ1n) is 13.7. The largest absolute Gasteiger partial charge is 0.488 e. The first-order valence-corrected chi connectivity index (χ1v) is 13.7. The highest BCUT2D eigenvalue weighted by atomic mass is 35.5. The lowest BCUT2D eigenvalue weighted by atomic mass is 9.86. The summed E-state index contributed by atoms with van der Waals surface area (Å²) >= 11 is 0. The zero-order valence-corrected chi connectivity index (χ0v) is 24.2. The molecule has 3 nitrogen and oxygen atoms in total. The van der Waals surface area contributed by atoms with Crippen molar-refractivity contribution in [2.24, 2.45) is 0 Å². The van der Waals surface area contributed by atoms with Gasteiger partial charge >= 0.3 is 0 Å². The van der Waals surface area contributed by atoms with Crippen LogP contribution in [0.3, 0.4) is 0 Å². The van der Waals surface area contributed by atoms with Crippen LogP contribution >= 0.6 is 12.4 Å². The number of halogens is 1. The molecule has 0 fully saturated rings. The summed E-state index contributed by atoms with van der Waals surface area (Å²) in [6.45, 7) is 9.25. The SMILES string of the molecule is CN(CCC=C1c2ccccc2COc2ccccc21)CCCCCC(=O)c1ccc(C(C)(C)C)cc1.Cl. The molecule has 0 saturated carbocycles. The number of unbranched alkanes of at least 4 members (excludes halogenated alkanes) is 2. The van der Waals surface area contributed by atoms with Crippen molar-refractivity contribution in [1.82, 2.24) is 4.90 Å². The third-order valence-corrected chi connectivity index (χ3v) is 7.24. The molecule has 1 aliphatic rings. The van der Waals surface area contributed by atoms with E-state index in [-0.39, 0.29) is 23.6 Å². The van der Waals surface area contributed by atoms with E-state index in [0.717, 1.165) is 50.1 Å². The molecule has 0 amide bonds. The van der Waals surface area contributed by atoms with Gasteiger partial charge in [-0.15, -0.1) is 12.4 Å². The molecule has 38 heavy (non-hydrogen) atoms. The lowest BCUT2D eigenvalue weighted by molar-refractivity contribution is 0.0979. The number of carbonyl (C=O) groups excluding carboxylic acids is 1. The third kappa shape index (κ3) is 7.82. The number of rotatable bonds is 10. The van der Waals surface area contributed by atoms with Gasteiger partial charge < -0.3 is 9.64 Å². The van der Waals surface area contributed by atoms with E-state index in [1.807, 2.05) is 18.2 Å². The predicted octanol–water partition coefficient (Wildman–Crippen LogP) is 8.50. The van der Waals surface area contributed by atoms with Crippen LogP contribution in [0.25, 0.3) is 5.57 Å². The topological polar surface area (TPSA) is 29.5 Å². The van der Waals surface area contributed by atoms with Crippen LogP contribution in [0.15, 0.2) is 78.9 Å². The summed E-state index contributed by atoms with van der Waals surface area (Å²) < 4.78 is 6.10. The first-order chi connectivity index (χ1) is 17.8. The van der Waals surface area contributed by atoms with Crippen molar-refractivity contribution < 1.29 is 9.53 Å². The van der Waals surface area contributed by atoms with Crippen LogP contribution in [0.1, 0.15) is 85.5 Å². The van der Waals surface area contributed by atoms with Gasteiger partial charge in [-0.1, -0.05) is 100.0 Å². The van der Waals surface area contributed by atoms with E-state index >= 15 is 0 Å². The average Bonchev–Trinajstić information content (AvgIpc) is 3.05. The normalized spacial score (nSPS) is 13.8. The molecular weight excluding hydrogens is 490 g/mol. The lowest BCUT2D eigenvalue weighted by Gasteiger charge is -2.19. The molecule has 202 valence electrons. The van der Waals surface area contributed by atoms with Gasteiger partial charge in [0.25, 0.3) is 0 Å². The highest BCUT2D eigenvalue weighted by Crippen LogP contribution is 2.36. The number of nitrogens with zero attached hydrogens (tertiary/aromatic N) is 1. The number of hydrogen-bond acceptors (Lipinski definition) is 3. The van der Waals surface area contributed by atoms with Crippen molar-refractivity contribution in [2.45, 2.75) is 64.9 Å². The molecule has 4 rings (SSSR count). The van der Waals surface area contributed by atoms with Gasteiger partial charge in [-0.05, 0) is 66.6 Å². The third-order valence-electron chi connectivity index (χ3n) is 7.24. The van der Waals surface area contributed by atoms with Gasteiger partial charge in [0.05, 0.1) is 0 Å². The Labute approximate surface area is 235 Å². The fourth-order valence-corrected chi connectivity index (χ4v) is 4.93. The van der Waals surface area contributed by atoms with Crippen molar-refractivity contribution in [3.63, 3.8) is 0 Å². The van der Waals surface area contributed by atoms with E-state index in [0.29, 0.717) is 13.0 Å². The van der Waals surface area contributed by atoms with Gasteiger partial charge in [-0.3, -0.25) is 4.79 Å². The Hall–Kier alpha value is -2.88. The number of ether oxygens (including phenoxy) is 1. The number of fused-ring (bicyclic) bond motifs is 2. The smallest absolute Gasteiger partial charge is 0.162 e. The van der Waals surface area contributed by atoms with Gasteiger partial charge in [-0.2, -0.15) is 0 Å². The fourth-order valence-electron chi connectivity index (χ4n) is 4.93. The number of Topliss-reactive ketones (excluding diaryl/α,β-unsaturated/α-hetero) is 1. The molecule has 1 heterocycles. The molecule has 0 spiro atoms. The molecule has 0 saturated heterocycles. The number of hydrogen-bond donors (Lipinski definition) is 0. The molecular formula is C34H42ClNO2. The maximum Gasteiger partial charge on any atom is 0.162 e. The van der Waals surface area contributed by atoms with Crippen LogP contribution < -0.4 is 4.74 Å². The molecule has 4 heteroatoms. The second-order valence-electron chi connectivity index (χ2n) is 11.2. The highest BCUT2D eigenvalue weighted by molar-refractivity contribution is 5.96. The summed E-state index contributed by atoms with van der Waals surface area (Å²) in [7, 11) is 2.19. The van der Waals surface area contributed by atoms with E-state index in [9.17, 15) is 4.79 Å². The second kappa shape index (κ2) is 13.8. The molecule has 0 N–H and O–H groups in total. The van der Waals surface area contributed by atoms with E-state index in [4.69, 9.17) is 4.74 Å². The molecule has 0 aromatic heterocycles. The molecule has 3 aromatic rings. The van der Waals surface area contributed by atoms with Crippen LogP contribution in [0, 0.1) is 0 Å². The Morgan fingerprint density at radius 2 is 1.55 bits per heavy atom. The van der Waals surface area contributed by atoms with Crippen molar-refractivity contribution in [1.29, 1.82) is 0 Å². The van der Waals surface area contributed by atoms with Crippen LogP contribution in [-0.4, -0.2) is 30.8 Å². The minimum absolute atomic E-state index is 0. The zero-order valence-electron chi connectivity index (χ0n) is 23.3. The maximum absolute atomic E-state index is 12.6. The highest BCUT2D eigenvalue weighted by Gasteiger charge is 2.18. The summed E-state index contributed by atoms with van der Waals surface area (Å²) in [5.74, 6) is 1.21. The van der Waals surface area contributed by atoms with Crippen LogP contribution in [0.2, 0.25) is 0 Å². The minimum Gasteiger partial charge on any atom is -0.488 e. The monoisotopic (exact) mass is 531 g/mol. The summed E-state index contributed by atoms with van der Waals surface area (Å²) in [4.78, 5) is 15.0. The molecule has 0 aliphatic carbocycles. The molecule has 0 bridgehead atoms. The van der Waals surface area contributed by atoms with Crippen molar-refractivity contribution in [3.05, 3.63) is 107 Å². The van der Waals surface area contributed by atoms with Crippen LogP contribution in [0.5, 0.6) is 5.75 Å². The molecule has 3 aromatic carbocycles. The van der Waals surface area contributed by atoms with Crippen molar-refractivity contribution >= 4 is 23.8 Å². The Bertz CT molecular complexity index is 1170. The molecule has 0 atom stereocenters. The first kappa shape index (κ1) is 29.7. The number of para-hydroxylation sites is 1. The molecule has 0 unspecified atom stereocenters. The van der Waals surface area contributed by atoms with E-state index in [1.54, 1.807) is 0 Å². The fraction of sp³-hybridized carbons (Fsp3) is 0.382. The van der Waals surface area contributed by atoms with Crippen molar-refractivity contribution in [3.8, 4) is 5.75 Å². The Kier molecular flexibility index (Phi) is 10.8. The van der Waals surface area contributed by atoms with E-state index < -0.39 is 0 Å². The van der Waals surface area contributed by atoms with Gasteiger partial charge in [0.15, 0.2) is 5.78 Å². The predicted molar refractivity (Wildman–Crippen MR) is 162 cm³/mol. The summed E-state index contributed by atoms with van der Waals surface area (Å²) in [5.41, 5.74) is 7.17. The Morgan fingerprint density at radius 3 is 2.29 bits per heavy atom. The van der Waals surface area contributed by atoms with Gasteiger partial charge in [0.2, 0.25) is 0 Å². The van der Waals surface area contributed by atoms with Gasteiger partial charge in [0, 0.05) is 24.1 Å². The zero-order chi connectivity index (χ0) is 26.3. The lowest BCUT2D eigenvalue weighted by Crippen LogP contribution is -2.20. The quantitative estimate of drug-likeness (QED) is 0.194. The standard InChI is InChI=1S/C34H41NO2.ClH/c1-34(2,3)28-21-19-26(20-22-28)32(36)17-6-5-11-23-35(4)24-12-16-30-29-14-8-7-13-27(29)25-37-33-18-10-9-15-31(30)33;/h7-10,13-16,18-22H,5-6,11-12,17,23-25H2,1-4H3;1H. The Morgan fingerprint density at radius 1 is 0.868 bits per heavy atom. The van der Waals surface area contributed by atoms with Gasteiger partial charge in [-0.25, -0.2) is 0 Å². The molecule has 0 radical (unpaired) electrons. The van der Waals surface area contributed by atoms with Gasteiger partial charge in [0.1, 0.15) is 12.4 Å². The van der Waals surface area contributed by atoms with E-state index in [2.05, 4.69) is 93.4 Å². The van der Waals surface area contributed by atoms with Crippen molar-refractivity contribution in [2.75, 3.05) is 20.1 Å². The summed E-state index contributed by atoms with van der Waals surface area (Å²) in [5, 5.41) is 0. The van der Waals surface area contributed by atoms with E-state index in [1.165, 1.54) is 27.8 Å². The second-order valence-corrected chi connectivity index (χ2v) is 11.2. The maximum atomic E-state index is 12.6. The van der Waals surface area contributed by atoms with Crippen LogP contribution in [-0.2, 0) is 12.0 Å². The Balaban J connectivity index is 0.00000400. The summed E-state index contributed by atoms with van der Waals surface area (Å²) in [6, 6.07) is 25.1. The number of benzene rings is 3. The van der Waals surface area contributed by atoms with Crippen LogP contribution in [0.4, 0.5) is 0 Å². The summed E-state index contributed by atoms with van der Waals surface area (Å²) in [6.07, 6.45) is 7.12. The minimum atomic E-state index is 0. The average molecular weight is 532 g/mol. The number of ketones is 1. The number of carbonyl (C=O) groups is 1.